The van der Waals surface area contributed by atoms with Crippen LogP contribution in [-0.4, -0.2) is 39.9 Å². The van der Waals surface area contributed by atoms with Crippen molar-refractivity contribution in [2.75, 3.05) is 39.2 Å². The molecule has 0 amide bonds. The summed E-state index contributed by atoms with van der Waals surface area (Å²) >= 11 is 0. The number of ether oxygens (including phenoxy) is 3. The lowest BCUT2D eigenvalue weighted by Gasteiger charge is -2.15. The molecule has 0 saturated heterocycles. The molecule has 6 nitrogen and oxygen atoms in total. The first-order valence-electron chi connectivity index (χ1n) is 8.64. The summed E-state index contributed by atoms with van der Waals surface area (Å²) in [5.74, 6) is 2.92. The maximum atomic E-state index is 5.73. The van der Waals surface area contributed by atoms with E-state index in [2.05, 4.69) is 15.6 Å². The first kappa shape index (κ1) is 22.9. The Morgan fingerprint density at radius 2 is 1.89 bits per heavy atom. The molecule has 0 bridgehead atoms. The van der Waals surface area contributed by atoms with E-state index in [9.17, 15) is 0 Å². The van der Waals surface area contributed by atoms with Gasteiger partial charge in [-0.05, 0) is 43.7 Å². The number of anilines is 1. The molecular weight excluding hydrogens is 457 g/mol. The Balaban J connectivity index is 0.00000364. The predicted octanol–water partition coefficient (Wildman–Crippen LogP) is 4.09. The number of halogens is 1. The van der Waals surface area contributed by atoms with Crippen molar-refractivity contribution in [3.63, 3.8) is 0 Å². The van der Waals surface area contributed by atoms with Crippen LogP contribution in [0.2, 0.25) is 0 Å². The first-order valence-corrected chi connectivity index (χ1v) is 8.64. The van der Waals surface area contributed by atoms with Crippen molar-refractivity contribution in [2.24, 2.45) is 4.99 Å². The molecule has 0 aromatic heterocycles. The molecule has 0 atom stereocenters. The van der Waals surface area contributed by atoms with E-state index < -0.39 is 0 Å². The van der Waals surface area contributed by atoms with E-state index in [0.29, 0.717) is 31.5 Å². The molecule has 0 aliphatic carbocycles. The zero-order chi connectivity index (χ0) is 18.8. The number of aryl methyl sites for hydroxylation is 1. The van der Waals surface area contributed by atoms with Gasteiger partial charge >= 0.3 is 0 Å². The van der Waals surface area contributed by atoms with E-state index in [1.807, 2.05) is 56.3 Å². The van der Waals surface area contributed by atoms with Gasteiger partial charge in [0.15, 0.2) is 17.5 Å². The molecule has 148 valence electrons. The van der Waals surface area contributed by atoms with Gasteiger partial charge in [0.05, 0.1) is 20.3 Å². The van der Waals surface area contributed by atoms with Crippen LogP contribution in [0.25, 0.3) is 0 Å². The summed E-state index contributed by atoms with van der Waals surface area (Å²) < 4.78 is 16.6. The monoisotopic (exact) mass is 485 g/mol. The largest absolute Gasteiger partial charge is 0.493 e. The molecule has 0 heterocycles. The Kier molecular flexibility index (Phi) is 10.4. The Morgan fingerprint density at radius 1 is 1.07 bits per heavy atom. The zero-order valence-electron chi connectivity index (χ0n) is 16.2. The highest BCUT2D eigenvalue weighted by Crippen LogP contribution is 2.30. The number of aliphatic imine (C=N–C) groups is 1. The number of nitrogens with one attached hydrogen (secondary N) is 2. The summed E-state index contributed by atoms with van der Waals surface area (Å²) in [5, 5.41) is 6.45. The second-order valence-corrected chi connectivity index (χ2v) is 5.59. The average molecular weight is 485 g/mol. The third-order valence-electron chi connectivity index (χ3n) is 3.60. The first-order chi connectivity index (χ1) is 12.7. The molecule has 0 saturated carbocycles. The summed E-state index contributed by atoms with van der Waals surface area (Å²) in [6, 6.07) is 13.7. The third-order valence-corrected chi connectivity index (χ3v) is 3.60. The van der Waals surface area contributed by atoms with Crippen LogP contribution in [-0.2, 0) is 0 Å². The number of guanidine groups is 1. The van der Waals surface area contributed by atoms with Crippen LogP contribution in [0.4, 0.5) is 5.69 Å². The van der Waals surface area contributed by atoms with Crippen LogP contribution in [0, 0.1) is 6.92 Å². The van der Waals surface area contributed by atoms with E-state index in [1.165, 1.54) is 5.56 Å². The SMILES string of the molecule is CCOc1ccc(NC(=NC)NCCOc2cccc(C)c2)cc1OC.I. The smallest absolute Gasteiger partial charge is 0.195 e. The van der Waals surface area contributed by atoms with E-state index >= 15 is 0 Å². The fourth-order valence-electron chi connectivity index (χ4n) is 2.38. The van der Waals surface area contributed by atoms with Crippen LogP contribution >= 0.6 is 24.0 Å². The van der Waals surface area contributed by atoms with Gasteiger partial charge in [-0.25, -0.2) is 0 Å². The van der Waals surface area contributed by atoms with Gasteiger partial charge in [0.25, 0.3) is 0 Å². The summed E-state index contributed by atoms with van der Waals surface area (Å²) in [6.07, 6.45) is 0. The van der Waals surface area contributed by atoms with E-state index in [-0.39, 0.29) is 24.0 Å². The number of rotatable bonds is 8. The van der Waals surface area contributed by atoms with Gasteiger partial charge in [0.2, 0.25) is 0 Å². The van der Waals surface area contributed by atoms with Crippen molar-refractivity contribution in [3.05, 3.63) is 48.0 Å². The number of hydrogen-bond acceptors (Lipinski definition) is 4. The quantitative estimate of drug-likeness (QED) is 0.255. The third kappa shape index (κ3) is 7.54. The maximum Gasteiger partial charge on any atom is 0.195 e. The number of benzene rings is 2. The molecule has 7 heteroatoms. The Labute approximate surface area is 178 Å². The molecule has 2 aromatic carbocycles. The van der Waals surface area contributed by atoms with Crippen molar-refractivity contribution in [1.29, 1.82) is 0 Å². The number of nitrogens with zero attached hydrogens (tertiary/aromatic N) is 1. The molecule has 0 spiro atoms. The van der Waals surface area contributed by atoms with Gasteiger partial charge in [-0.1, -0.05) is 12.1 Å². The zero-order valence-corrected chi connectivity index (χ0v) is 18.6. The molecule has 0 unspecified atom stereocenters. The minimum absolute atomic E-state index is 0. The van der Waals surface area contributed by atoms with Gasteiger partial charge in [-0.3, -0.25) is 4.99 Å². The lowest BCUT2D eigenvalue weighted by atomic mass is 10.2. The second kappa shape index (κ2) is 12.3. The van der Waals surface area contributed by atoms with Gasteiger partial charge in [-0.15, -0.1) is 24.0 Å². The normalized spacial score (nSPS) is 10.6. The Morgan fingerprint density at radius 3 is 2.56 bits per heavy atom. The fraction of sp³-hybridized carbons (Fsp3) is 0.350. The van der Waals surface area contributed by atoms with Gasteiger partial charge < -0.3 is 24.8 Å². The highest BCUT2D eigenvalue weighted by molar-refractivity contribution is 14.0. The number of hydrogen-bond donors (Lipinski definition) is 2. The van der Waals surface area contributed by atoms with Crippen LogP contribution < -0.4 is 24.8 Å². The van der Waals surface area contributed by atoms with E-state index in [0.717, 1.165) is 17.2 Å². The van der Waals surface area contributed by atoms with Crippen molar-refractivity contribution >= 4 is 35.6 Å². The lowest BCUT2D eigenvalue weighted by molar-refractivity contribution is 0.311. The highest BCUT2D eigenvalue weighted by Gasteiger charge is 2.07. The molecule has 0 aliphatic rings. The van der Waals surface area contributed by atoms with Gasteiger partial charge in [0, 0.05) is 18.8 Å². The number of methoxy groups -OCH3 is 1. The van der Waals surface area contributed by atoms with Crippen molar-refractivity contribution in [1.82, 2.24) is 5.32 Å². The van der Waals surface area contributed by atoms with Gasteiger partial charge in [-0.2, -0.15) is 0 Å². The summed E-state index contributed by atoms with van der Waals surface area (Å²) in [4.78, 5) is 4.22. The van der Waals surface area contributed by atoms with Crippen LogP contribution in [0.5, 0.6) is 17.2 Å². The molecule has 0 radical (unpaired) electrons. The van der Waals surface area contributed by atoms with Crippen LogP contribution in [0.1, 0.15) is 12.5 Å². The molecule has 2 N–H and O–H groups in total. The van der Waals surface area contributed by atoms with Gasteiger partial charge in [0.1, 0.15) is 12.4 Å². The topological polar surface area (TPSA) is 64.1 Å². The van der Waals surface area contributed by atoms with E-state index in [1.54, 1.807) is 14.2 Å². The second-order valence-electron chi connectivity index (χ2n) is 5.59. The Hall–Kier alpha value is -2.16. The molecule has 2 aromatic rings. The molecule has 27 heavy (non-hydrogen) atoms. The summed E-state index contributed by atoms with van der Waals surface area (Å²) in [6.45, 7) is 5.74. The van der Waals surface area contributed by atoms with E-state index in [4.69, 9.17) is 14.2 Å². The van der Waals surface area contributed by atoms with Crippen molar-refractivity contribution in [3.8, 4) is 17.2 Å². The van der Waals surface area contributed by atoms with Crippen molar-refractivity contribution in [2.45, 2.75) is 13.8 Å². The highest BCUT2D eigenvalue weighted by atomic mass is 127. The van der Waals surface area contributed by atoms with Crippen molar-refractivity contribution < 1.29 is 14.2 Å². The molecule has 0 fully saturated rings. The molecule has 0 aliphatic heterocycles. The fourth-order valence-corrected chi connectivity index (χ4v) is 2.38. The van der Waals surface area contributed by atoms with Crippen LogP contribution in [0.3, 0.4) is 0 Å². The average Bonchev–Trinajstić information content (AvgIpc) is 2.65. The molecule has 2 rings (SSSR count). The standard InChI is InChI=1S/C20H27N3O3.HI/c1-5-25-18-10-9-16(14-19(18)24-4)23-20(21-3)22-11-12-26-17-8-6-7-15(2)13-17;/h6-10,13-14H,5,11-12H2,1-4H3,(H2,21,22,23);1H. The lowest BCUT2D eigenvalue weighted by Crippen LogP contribution is -2.33. The van der Waals surface area contributed by atoms with Crippen LogP contribution in [0.15, 0.2) is 47.5 Å². The predicted molar refractivity (Wildman–Crippen MR) is 121 cm³/mol. The minimum Gasteiger partial charge on any atom is -0.493 e. The maximum absolute atomic E-state index is 5.73. The minimum atomic E-state index is 0. The molecular formula is C20H28IN3O3. The summed E-state index contributed by atoms with van der Waals surface area (Å²) in [5.41, 5.74) is 2.04. The summed E-state index contributed by atoms with van der Waals surface area (Å²) in [7, 11) is 3.35. The Bertz CT molecular complexity index is 738.